The van der Waals surface area contributed by atoms with Crippen LogP contribution in [0.1, 0.15) is 0 Å². The third-order valence-electron chi connectivity index (χ3n) is 0.532. The molecule has 0 bridgehead atoms. The van der Waals surface area contributed by atoms with Gasteiger partial charge in [0.25, 0.3) is 0 Å². The van der Waals surface area contributed by atoms with E-state index >= 15 is 0 Å². The summed E-state index contributed by atoms with van der Waals surface area (Å²) in [4.78, 5) is 7.72. The van der Waals surface area contributed by atoms with Gasteiger partial charge in [0.05, 0.1) is 6.20 Å². The van der Waals surface area contributed by atoms with Crippen LogP contribution in [0.25, 0.3) is 0 Å². The largest absolute Gasteiger partial charge is 0.260 e. The second-order valence-electron chi connectivity index (χ2n) is 1.03. The first kappa shape index (κ1) is 12.9. The van der Waals surface area contributed by atoms with Crippen LogP contribution in [0, 0.1) is 3.70 Å². The summed E-state index contributed by atoms with van der Waals surface area (Å²) in [5.74, 6) is 0. The molecule has 0 saturated heterocycles. The zero-order valence-corrected chi connectivity index (χ0v) is 11.1. The van der Waals surface area contributed by atoms with Gasteiger partial charge in [0.15, 0.2) is 0 Å². The van der Waals surface area contributed by atoms with Gasteiger partial charge in [-0.3, -0.25) is 4.98 Å². The lowest BCUT2D eigenvalue weighted by molar-refractivity contribution is 1.16. The Hall–Kier alpha value is 1.27. The first-order valence-electron chi connectivity index (χ1n) is 1.81. The summed E-state index contributed by atoms with van der Waals surface area (Å²) in [6.07, 6.45) is 5.03. The Bertz CT molecular complexity index is 144. The molecule has 0 amide bonds. The van der Waals surface area contributed by atoms with E-state index in [4.69, 9.17) is 0 Å². The molecule has 0 N–H and O–H groups in total. The summed E-state index contributed by atoms with van der Waals surface area (Å²) in [6, 6.07) is 0. The minimum absolute atomic E-state index is 0. The van der Waals surface area contributed by atoms with Gasteiger partial charge in [0.1, 0.15) is 3.70 Å². The zero-order valence-electron chi connectivity index (χ0n) is 4.32. The average molecular weight is 462 g/mol. The van der Waals surface area contributed by atoms with Crippen molar-refractivity contribution in [2.24, 2.45) is 0 Å². The highest BCUT2D eigenvalue weighted by Gasteiger charge is 1.77. The van der Waals surface area contributed by atoms with Crippen LogP contribution in [0.4, 0.5) is 0 Å². The van der Waals surface area contributed by atoms with Gasteiger partial charge in [0.2, 0.25) is 0 Å². The van der Waals surface area contributed by atoms with Crippen molar-refractivity contribution in [3.05, 3.63) is 22.3 Å². The van der Waals surface area contributed by atoms with E-state index in [1.54, 1.807) is 18.6 Å². The fourth-order valence-corrected chi connectivity index (χ4v) is 0.603. The van der Waals surface area contributed by atoms with Crippen LogP contribution in [0.2, 0.25) is 0 Å². The zero-order chi connectivity index (χ0) is 5.11. The molecule has 0 aliphatic rings. The molecule has 0 aromatic carbocycles. The lowest BCUT2D eigenvalue weighted by atomic mass is 10.8. The molecular weight excluding hydrogens is 457 g/mol. The van der Waals surface area contributed by atoms with Crippen LogP contribution in [-0.4, -0.2) is 9.97 Å². The lowest BCUT2D eigenvalue weighted by Crippen LogP contribution is -1.76. The Balaban J connectivity index is 0. The van der Waals surface area contributed by atoms with E-state index in [0.717, 1.165) is 3.70 Å². The van der Waals surface area contributed by atoms with Gasteiger partial charge in [-0.2, -0.15) is 0 Å². The van der Waals surface area contributed by atoms with E-state index in [1.807, 2.05) is 0 Å². The number of hydrogen-bond donors (Lipinski definition) is 0. The molecular formula is C4H5I3N2. The Morgan fingerprint density at radius 1 is 1.22 bits per heavy atom. The molecule has 0 fully saturated rings. The summed E-state index contributed by atoms with van der Waals surface area (Å²) < 4.78 is 0.931. The van der Waals surface area contributed by atoms with Gasteiger partial charge in [-0.25, -0.2) is 4.98 Å². The van der Waals surface area contributed by atoms with Gasteiger partial charge in [-0.1, -0.05) is 0 Å². The highest BCUT2D eigenvalue weighted by molar-refractivity contribution is 14.1. The van der Waals surface area contributed by atoms with Crippen molar-refractivity contribution in [3.63, 3.8) is 0 Å². The normalized spacial score (nSPS) is 6.78. The van der Waals surface area contributed by atoms with E-state index in [2.05, 4.69) is 32.6 Å². The number of halogens is 3. The van der Waals surface area contributed by atoms with Gasteiger partial charge < -0.3 is 0 Å². The van der Waals surface area contributed by atoms with Crippen LogP contribution < -0.4 is 0 Å². The molecule has 9 heavy (non-hydrogen) atoms. The van der Waals surface area contributed by atoms with Crippen LogP contribution in [0.15, 0.2) is 18.6 Å². The van der Waals surface area contributed by atoms with Crippen molar-refractivity contribution < 1.29 is 0 Å². The quantitative estimate of drug-likeness (QED) is 0.554. The van der Waals surface area contributed by atoms with E-state index < -0.39 is 0 Å². The molecule has 52 valence electrons. The number of rotatable bonds is 0. The average Bonchev–Trinajstić information content (AvgIpc) is 1.69. The molecule has 0 radical (unpaired) electrons. The van der Waals surface area contributed by atoms with Crippen molar-refractivity contribution in [1.29, 1.82) is 0 Å². The summed E-state index contributed by atoms with van der Waals surface area (Å²) in [5.41, 5.74) is 0. The highest BCUT2D eigenvalue weighted by atomic mass is 127. The number of aromatic nitrogens is 2. The molecule has 0 spiro atoms. The van der Waals surface area contributed by atoms with Gasteiger partial charge in [-0.15, -0.1) is 48.0 Å². The van der Waals surface area contributed by atoms with Crippen molar-refractivity contribution in [3.8, 4) is 0 Å². The summed E-state index contributed by atoms with van der Waals surface area (Å²) in [5, 5.41) is 0. The maximum atomic E-state index is 3.90. The smallest absolute Gasteiger partial charge is 0.119 e. The molecule has 5 heteroatoms. The maximum absolute atomic E-state index is 3.90. The molecule has 0 aliphatic carbocycles. The van der Waals surface area contributed by atoms with Crippen molar-refractivity contribution in [2.45, 2.75) is 0 Å². The molecule has 0 saturated carbocycles. The Labute approximate surface area is 101 Å². The second-order valence-corrected chi connectivity index (χ2v) is 2.13. The molecule has 0 unspecified atom stereocenters. The van der Waals surface area contributed by atoms with E-state index in [-0.39, 0.29) is 48.0 Å². The summed E-state index contributed by atoms with van der Waals surface area (Å²) >= 11 is 2.11. The Morgan fingerprint density at radius 2 is 1.89 bits per heavy atom. The van der Waals surface area contributed by atoms with Crippen LogP contribution in [0.5, 0.6) is 0 Å². The first-order chi connectivity index (χ1) is 3.39. The van der Waals surface area contributed by atoms with E-state index in [9.17, 15) is 0 Å². The third-order valence-corrected chi connectivity index (χ3v) is 1.09. The molecule has 1 aromatic rings. The number of hydrogen-bond acceptors (Lipinski definition) is 2. The Kier molecular flexibility index (Phi) is 10.6. The van der Waals surface area contributed by atoms with Crippen LogP contribution >= 0.6 is 70.5 Å². The minimum atomic E-state index is 0. The first-order valence-corrected chi connectivity index (χ1v) is 2.89. The number of nitrogens with zero attached hydrogens (tertiary/aromatic N) is 2. The second kappa shape index (κ2) is 7.38. The SMILES string of the molecule is I.I.Ic1cnccn1. The fourth-order valence-electron chi connectivity index (χ4n) is 0.281. The van der Waals surface area contributed by atoms with Gasteiger partial charge >= 0.3 is 0 Å². The molecule has 2 nitrogen and oxygen atoms in total. The predicted molar refractivity (Wildman–Crippen MR) is 65.6 cm³/mol. The highest BCUT2D eigenvalue weighted by Crippen LogP contribution is 1.91. The third kappa shape index (κ3) is 5.70. The van der Waals surface area contributed by atoms with E-state index in [1.165, 1.54) is 0 Å². The van der Waals surface area contributed by atoms with Crippen molar-refractivity contribution in [1.82, 2.24) is 9.97 Å². The molecule has 1 rings (SSSR count). The van der Waals surface area contributed by atoms with Gasteiger partial charge in [0, 0.05) is 12.4 Å². The fraction of sp³-hybridized carbons (Fsp3) is 0. The molecule has 0 aliphatic heterocycles. The van der Waals surface area contributed by atoms with Crippen LogP contribution in [-0.2, 0) is 0 Å². The molecule has 0 atom stereocenters. The summed E-state index contributed by atoms with van der Waals surface area (Å²) in [6.45, 7) is 0. The monoisotopic (exact) mass is 462 g/mol. The summed E-state index contributed by atoms with van der Waals surface area (Å²) in [7, 11) is 0. The Morgan fingerprint density at radius 3 is 2.11 bits per heavy atom. The maximum Gasteiger partial charge on any atom is 0.119 e. The molecule has 1 heterocycles. The predicted octanol–water partition coefficient (Wildman–Crippen LogP) is 2.32. The van der Waals surface area contributed by atoms with Crippen molar-refractivity contribution in [2.75, 3.05) is 0 Å². The minimum Gasteiger partial charge on any atom is -0.260 e. The molecule has 1 aromatic heterocycles. The van der Waals surface area contributed by atoms with Crippen LogP contribution in [0.3, 0.4) is 0 Å². The van der Waals surface area contributed by atoms with Crippen molar-refractivity contribution >= 4 is 70.5 Å². The van der Waals surface area contributed by atoms with E-state index in [0.29, 0.717) is 0 Å². The standard InChI is InChI=1S/C4H3IN2.2HI/c5-4-3-6-1-2-7-4;;/h1-3H;2*1H. The topological polar surface area (TPSA) is 25.8 Å². The lowest BCUT2D eigenvalue weighted by Gasteiger charge is -1.79. The van der Waals surface area contributed by atoms with Gasteiger partial charge in [-0.05, 0) is 22.6 Å².